The van der Waals surface area contributed by atoms with Crippen molar-refractivity contribution in [1.82, 2.24) is 20.0 Å². The Hall–Kier alpha value is -2.41. The van der Waals surface area contributed by atoms with Crippen LogP contribution in [0.25, 0.3) is 0 Å². The molecule has 2 fully saturated rings. The molecule has 0 bridgehead atoms. The van der Waals surface area contributed by atoms with Crippen molar-refractivity contribution in [3.8, 4) is 0 Å². The van der Waals surface area contributed by atoms with E-state index >= 15 is 0 Å². The maximum atomic E-state index is 12.9. The number of nitrogens with zero attached hydrogens (tertiary/aromatic N) is 3. The van der Waals surface area contributed by atoms with Crippen LogP contribution in [0.3, 0.4) is 0 Å². The molecule has 1 aromatic rings. The number of benzene rings is 1. The summed E-state index contributed by atoms with van der Waals surface area (Å²) in [7, 11) is 3.98. The SMILES string of the molecule is CN(C)CCN(Cc1ccccc1)C(=O)CCCN1C(=O)NC2(CCCC2)C1=O. The van der Waals surface area contributed by atoms with Gasteiger partial charge in [0.15, 0.2) is 0 Å². The molecule has 1 aliphatic heterocycles. The topological polar surface area (TPSA) is 73.0 Å². The zero-order valence-electron chi connectivity index (χ0n) is 17.5. The number of carbonyl (C=O) groups excluding carboxylic acids is 3. The van der Waals surface area contributed by atoms with E-state index < -0.39 is 5.54 Å². The Morgan fingerprint density at radius 2 is 1.79 bits per heavy atom. The fourth-order valence-corrected chi connectivity index (χ4v) is 4.16. The van der Waals surface area contributed by atoms with Gasteiger partial charge in [-0.1, -0.05) is 43.2 Å². The molecule has 158 valence electrons. The Kier molecular flexibility index (Phi) is 6.90. The number of hydrogen-bond acceptors (Lipinski definition) is 4. The summed E-state index contributed by atoms with van der Waals surface area (Å²) in [5.41, 5.74) is 0.420. The highest BCUT2D eigenvalue weighted by atomic mass is 16.2. The Labute approximate surface area is 173 Å². The predicted molar refractivity (Wildman–Crippen MR) is 111 cm³/mol. The molecular weight excluding hydrogens is 368 g/mol. The molecular formula is C22H32N4O3. The van der Waals surface area contributed by atoms with E-state index in [0.717, 1.165) is 37.8 Å². The molecule has 0 unspecified atom stereocenters. The van der Waals surface area contributed by atoms with Gasteiger partial charge in [0.2, 0.25) is 5.91 Å². The lowest BCUT2D eigenvalue weighted by molar-refractivity contribution is -0.134. The van der Waals surface area contributed by atoms with Crippen LogP contribution in [0, 0.1) is 0 Å². The van der Waals surface area contributed by atoms with Gasteiger partial charge in [0.1, 0.15) is 5.54 Å². The molecule has 1 saturated heterocycles. The van der Waals surface area contributed by atoms with Gasteiger partial charge in [0, 0.05) is 32.6 Å². The zero-order valence-corrected chi connectivity index (χ0v) is 17.5. The molecule has 1 aromatic carbocycles. The van der Waals surface area contributed by atoms with E-state index in [1.54, 1.807) is 0 Å². The number of urea groups is 1. The maximum absolute atomic E-state index is 12.9. The summed E-state index contributed by atoms with van der Waals surface area (Å²) in [5, 5.41) is 2.89. The molecule has 0 atom stereocenters. The van der Waals surface area contributed by atoms with E-state index in [9.17, 15) is 14.4 Å². The minimum absolute atomic E-state index is 0.0540. The standard InChI is InChI=1S/C22H32N4O3/c1-24(2)15-16-25(17-18-9-4-3-5-10-18)19(27)11-8-14-26-20(28)22(23-21(26)29)12-6-7-13-22/h3-5,9-10H,6-8,11-17H2,1-2H3,(H,23,29). The first-order valence-electron chi connectivity index (χ1n) is 10.5. The summed E-state index contributed by atoms with van der Waals surface area (Å²) in [6.45, 7) is 2.30. The molecule has 1 spiro atoms. The second-order valence-corrected chi connectivity index (χ2v) is 8.38. The average Bonchev–Trinajstić information content (AvgIpc) is 3.26. The number of carbonyl (C=O) groups is 3. The highest BCUT2D eigenvalue weighted by molar-refractivity contribution is 6.07. The molecule has 4 amide bonds. The number of amides is 4. The first kappa shape index (κ1) is 21.3. The van der Waals surface area contributed by atoms with Gasteiger partial charge in [-0.25, -0.2) is 4.79 Å². The van der Waals surface area contributed by atoms with Crippen molar-refractivity contribution in [2.75, 3.05) is 33.7 Å². The molecule has 7 nitrogen and oxygen atoms in total. The van der Waals surface area contributed by atoms with E-state index in [1.165, 1.54) is 4.90 Å². The lowest BCUT2D eigenvalue weighted by atomic mass is 9.98. The summed E-state index contributed by atoms with van der Waals surface area (Å²) in [4.78, 5) is 43.0. The van der Waals surface area contributed by atoms with Crippen LogP contribution in [0.5, 0.6) is 0 Å². The highest BCUT2D eigenvalue weighted by Gasteiger charge is 2.52. The second kappa shape index (κ2) is 9.39. The molecule has 2 aliphatic rings. The van der Waals surface area contributed by atoms with Crippen molar-refractivity contribution in [2.45, 2.75) is 50.6 Å². The smallest absolute Gasteiger partial charge is 0.325 e. The number of hydrogen-bond donors (Lipinski definition) is 1. The van der Waals surface area contributed by atoms with Crippen LogP contribution >= 0.6 is 0 Å². The van der Waals surface area contributed by atoms with Crippen LogP contribution in [0.1, 0.15) is 44.1 Å². The first-order valence-corrected chi connectivity index (χ1v) is 10.5. The fourth-order valence-electron chi connectivity index (χ4n) is 4.16. The van der Waals surface area contributed by atoms with E-state index in [2.05, 4.69) is 10.2 Å². The van der Waals surface area contributed by atoms with Crippen molar-refractivity contribution in [2.24, 2.45) is 0 Å². The third-order valence-electron chi connectivity index (χ3n) is 5.86. The van der Waals surface area contributed by atoms with Crippen LogP contribution in [0.4, 0.5) is 4.79 Å². The van der Waals surface area contributed by atoms with Gasteiger partial charge in [-0.15, -0.1) is 0 Å². The van der Waals surface area contributed by atoms with Gasteiger partial charge in [0.25, 0.3) is 5.91 Å². The minimum atomic E-state index is -0.674. The highest BCUT2D eigenvalue weighted by Crippen LogP contribution is 2.35. The normalized spacial score (nSPS) is 18.0. The van der Waals surface area contributed by atoms with Crippen molar-refractivity contribution < 1.29 is 14.4 Å². The van der Waals surface area contributed by atoms with E-state index in [-0.39, 0.29) is 17.8 Å². The van der Waals surface area contributed by atoms with Crippen LogP contribution in [0.15, 0.2) is 30.3 Å². The molecule has 0 aromatic heterocycles. The van der Waals surface area contributed by atoms with Crippen LogP contribution < -0.4 is 5.32 Å². The first-order chi connectivity index (χ1) is 13.9. The largest absolute Gasteiger partial charge is 0.337 e. The third-order valence-corrected chi connectivity index (χ3v) is 5.86. The van der Waals surface area contributed by atoms with Gasteiger partial charge in [-0.3, -0.25) is 14.5 Å². The van der Waals surface area contributed by atoms with Crippen molar-refractivity contribution in [1.29, 1.82) is 0 Å². The second-order valence-electron chi connectivity index (χ2n) is 8.38. The summed E-state index contributed by atoms with van der Waals surface area (Å²) in [6, 6.07) is 9.64. The summed E-state index contributed by atoms with van der Waals surface area (Å²) >= 11 is 0. The van der Waals surface area contributed by atoms with Crippen molar-refractivity contribution in [3.05, 3.63) is 35.9 Å². The zero-order chi connectivity index (χ0) is 20.9. The minimum Gasteiger partial charge on any atom is -0.337 e. The Morgan fingerprint density at radius 3 is 2.45 bits per heavy atom. The molecule has 0 radical (unpaired) electrons. The van der Waals surface area contributed by atoms with Crippen molar-refractivity contribution >= 4 is 17.8 Å². The quantitative estimate of drug-likeness (QED) is 0.645. The van der Waals surface area contributed by atoms with Gasteiger partial charge in [-0.2, -0.15) is 0 Å². The van der Waals surface area contributed by atoms with E-state index in [4.69, 9.17) is 0 Å². The fraction of sp³-hybridized carbons (Fsp3) is 0.591. The van der Waals surface area contributed by atoms with Gasteiger partial charge in [-0.05, 0) is 38.9 Å². The van der Waals surface area contributed by atoms with Gasteiger partial charge >= 0.3 is 6.03 Å². The number of likely N-dealkylation sites (N-methyl/N-ethyl adjacent to an activating group) is 1. The monoisotopic (exact) mass is 400 g/mol. The van der Waals surface area contributed by atoms with Gasteiger partial charge < -0.3 is 15.1 Å². The Balaban J connectivity index is 1.54. The van der Waals surface area contributed by atoms with E-state index in [0.29, 0.717) is 32.5 Å². The van der Waals surface area contributed by atoms with Crippen LogP contribution in [0.2, 0.25) is 0 Å². The van der Waals surface area contributed by atoms with Crippen LogP contribution in [-0.2, 0) is 16.1 Å². The molecule has 1 heterocycles. The lowest BCUT2D eigenvalue weighted by Crippen LogP contribution is -2.44. The molecule has 1 aliphatic carbocycles. The molecule has 1 N–H and O–H groups in total. The molecule has 3 rings (SSSR count). The molecule has 1 saturated carbocycles. The average molecular weight is 401 g/mol. The lowest BCUT2D eigenvalue weighted by Gasteiger charge is -2.25. The summed E-state index contributed by atoms with van der Waals surface area (Å²) in [5.74, 6) is -0.0560. The number of rotatable bonds is 9. The molecule has 29 heavy (non-hydrogen) atoms. The molecule has 7 heteroatoms. The Bertz CT molecular complexity index is 729. The Morgan fingerprint density at radius 1 is 1.10 bits per heavy atom. The number of imide groups is 1. The third kappa shape index (κ3) is 5.15. The number of nitrogens with one attached hydrogen (secondary N) is 1. The van der Waals surface area contributed by atoms with E-state index in [1.807, 2.05) is 49.3 Å². The van der Waals surface area contributed by atoms with Crippen molar-refractivity contribution in [3.63, 3.8) is 0 Å². The predicted octanol–water partition coefficient (Wildman–Crippen LogP) is 2.22. The van der Waals surface area contributed by atoms with Gasteiger partial charge in [0.05, 0.1) is 0 Å². The summed E-state index contributed by atoms with van der Waals surface area (Å²) < 4.78 is 0. The van der Waals surface area contributed by atoms with Crippen LogP contribution in [-0.4, -0.2) is 71.8 Å². The maximum Gasteiger partial charge on any atom is 0.325 e. The summed E-state index contributed by atoms with van der Waals surface area (Å²) in [6.07, 6.45) is 4.20.